The number of esters is 1. The smallest absolute Gasteiger partial charge is 0.340 e. The average Bonchev–Trinajstić information content (AvgIpc) is 2.99. The molecule has 1 aliphatic rings. The van der Waals surface area contributed by atoms with Crippen LogP contribution in [0.1, 0.15) is 30.1 Å². The lowest BCUT2D eigenvalue weighted by Gasteiger charge is -2.17. The van der Waals surface area contributed by atoms with Crippen LogP contribution in [0.4, 0.5) is 5.69 Å². The van der Waals surface area contributed by atoms with Gasteiger partial charge in [-0.05, 0) is 31.9 Å². The van der Waals surface area contributed by atoms with Crippen LogP contribution in [0, 0.1) is 0 Å². The molecule has 1 fully saturated rings. The highest BCUT2D eigenvalue weighted by atomic mass is 16.5. The van der Waals surface area contributed by atoms with E-state index in [1.54, 1.807) is 25.1 Å². The maximum Gasteiger partial charge on any atom is 0.340 e. The molecule has 1 N–H and O–H groups in total. The Morgan fingerprint density at radius 3 is 2.65 bits per heavy atom. The number of benzene rings is 1. The number of para-hydroxylation sites is 1. The number of carbonyl (C=O) groups excluding carboxylic acids is 2. The molecule has 0 unspecified atom stereocenters. The van der Waals surface area contributed by atoms with Crippen LogP contribution in [0.5, 0.6) is 0 Å². The largest absolute Gasteiger partial charge is 0.462 e. The van der Waals surface area contributed by atoms with Crippen molar-refractivity contribution < 1.29 is 14.3 Å². The highest BCUT2D eigenvalue weighted by Crippen LogP contribution is 2.16. The first-order valence-electron chi connectivity index (χ1n) is 7.00. The van der Waals surface area contributed by atoms with Crippen molar-refractivity contribution in [1.82, 2.24) is 4.90 Å². The standard InChI is InChI=1S/C15H20N2O3/c1-2-20-15(19)12-7-3-4-8-13(12)16-11-14(18)17-9-5-6-10-17/h3-4,7-8,16H,2,5-6,9-11H2,1H3. The fourth-order valence-electron chi connectivity index (χ4n) is 2.27. The number of hydrogen-bond donors (Lipinski definition) is 1. The first-order chi connectivity index (χ1) is 9.72. The number of hydrogen-bond acceptors (Lipinski definition) is 4. The maximum atomic E-state index is 12.0. The molecule has 1 amide bonds. The fourth-order valence-corrected chi connectivity index (χ4v) is 2.27. The van der Waals surface area contributed by atoms with E-state index in [1.165, 1.54) is 0 Å². The van der Waals surface area contributed by atoms with Crippen molar-refractivity contribution in [1.29, 1.82) is 0 Å². The number of nitrogens with one attached hydrogen (secondary N) is 1. The first-order valence-corrected chi connectivity index (χ1v) is 7.00. The molecule has 1 saturated heterocycles. The Labute approximate surface area is 118 Å². The van der Waals surface area contributed by atoms with Gasteiger partial charge < -0.3 is 15.0 Å². The molecule has 20 heavy (non-hydrogen) atoms. The summed E-state index contributed by atoms with van der Waals surface area (Å²) in [6.45, 7) is 3.97. The van der Waals surface area contributed by atoms with Crippen LogP contribution in [-0.4, -0.2) is 43.0 Å². The highest BCUT2D eigenvalue weighted by molar-refractivity contribution is 5.96. The molecular formula is C15H20N2O3. The van der Waals surface area contributed by atoms with Crippen molar-refractivity contribution in [3.63, 3.8) is 0 Å². The van der Waals surface area contributed by atoms with E-state index < -0.39 is 0 Å². The zero-order chi connectivity index (χ0) is 14.4. The predicted molar refractivity (Wildman–Crippen MR) is 76.7 cm³/mol. The predicted octanol–water partition coefficient (Wildman–Crippen LogP) is 1.90. The molecule has 1 heterocycles. The Morgan fingerprint density at radius 2 is 1.95 bits per heavy atom. The van der Waals surface area contributed by atoms with Crippen molar-refractivity contribution in [2.75, 3.05) is 31.6 Å². The van der Waals surface area contributed by atoms with E-state index in [0.29, 0.717) is 17.9 Å². The molecule has 5 nitrogen and oxygen atoms in total. The second-order valence-corrected chi connectivity index (χ2v) is 4.71. The van der Waals surface area contributed by atoms with E-state index in [2.05, 4.69) is 5.32 Å². The Hall–Kier alpha value is -2.04. The van der Waals surface area contributed by atoms with Gasteiger partial charge in [0.2, 0.25) is 5.91 Å². The molecule has 5 heteroatoms. The third kappa shape index (κ3) is 3.50. The lowest BCUT2D eigenvalue weighted by Crippen LogP contribution is -2.33. The molecule has 0 bridgehead atoms. The molecule has 0 saturated carbocycles. The zero-order valence-electron chi connectivity index (χ0n) is 11.7. The van der Waals surface area contributed by atoms with Crippen molar-refractivity contribution in [3.8, 4) is 0 Å². The third-order valence-corrected chi connectivity index (χ3v) is 3.31. The van der Waals surface area contributed by atoms with Crippen molar-refractivity contribution in [2.45, 2.75) is 19.8 Å². The van der Waals surface area contributed by atoms with E-state index in [0.717, 1.165) is 25.9 Å². The summed E-state index contributed by atoms with van der Waals surface area (Å²) in [6, 6.07) is 7.08. The monoisotopic (exact) mass is 276 g/mol. The van der Waals surface area contributed by atoms with Gasteiger partial charge in [-0.2, -0.15) is 0 Å². The summed E-state index contributed by atoms with van der Waals surface area (Å²) in [5.41, 5.74) is 1.10. The summed E-state index contributed by atoms with van der Waals surface area (Å²) in [7, 11) is 0. The van der Waals surface area contributed by atoms with Crippen molar-refractivity contribution in [2.24, 2.45) is 0 Å². The molecule has 1 aromatic carbocycles. The van der Waals surface area contributed by atoms with E-state index in [4.69, 9.17) is 4.74 Å². The number of ether oxygens (including phenoxy) is 1. The zero-order valence-corrected chi connectivity index (χ0v) is 11.7. The maximum absolute atomic E-state index is 12.0. The summed E-state index contributed by atoms with van der Waals surface area (Å²) in [5.74, 6) is -0.301. The second-order valence-electron chi connectivity index (χ2n) is 4.71. The van der Waals surface area contributed by atoms with E-state index in [-0.39, 0.29) is 18.4 Å². The van der Waals surface area contributed by atoms with Crippen LogP contribution in [0.2, 0.25) is 0 Å². The van der Waals surface area contributed by atoms with Gasteiger partial charge in [-0.25, -0.2) is 4.79 Å². The Balaban J connectivity index is 1.98. The van der Waals surface area contributed by atoms with E-state index in [9.17, 15) is 9.59 Å². The minimum atomic E-state index is -0.371. The summed E-state index contributed by atoms with van der Waals surface area (Å²) < 4.78 is 5.00. The molecule has 0 aliphatic carbocycles. The number of rotatable bonds is 5. The average molecular weight is 276 g/mol. The third-order valence-electron chi connectivity index (χ3n) is 3.31. The minimum absolute atomic E-state index is 0.0705. The molecule has 2 rings (SSSR count). The van der Waals surface area contributed by atoms with Gasteiger partial charge >= 0.3 is 5.97 Å². The molecule has 0 aromatic heterocycles. The van der Waals surface area contributed by atoms with Gasteiger partial charge in [0.15, 0.2) is 0 Å². The van der Waals surface area contributed by atoms with Crippen LogP contribution >= 0.6 is 0 Å². The van der Waals surface area contributed by atoms with Crippen LogP contribution in [-0.2, 0) is 9.53 Å². The van der Waals surface area contributed by atoms with E-state index in [1.807, 2.05) is 11.0 Å². The molecule has 1 aromatic rings. The Bertz CT molecular complexity index is 482. The normalized spacial score (nSPS) is 14.2. The van der Waals surface area contributed by atoms with Crippen molar-refractivity contribution >= 4 is 17.6 Å². The quantitative estimate of drug-likeness (QED) is 0.834. The van der Waals surface area contributed by atoms with Gasteiger partial charge in [-0.1, -0.05) is 12.1 Å². The van der Waals surface area contributed by atoms with Gasteiger partial charge in [0.05, 0.1) is 18.7 Å². The van der Waals surface area contributed by atoms with Gasteiger partial charge in [0.1, 0.15) is 0 Å². The fraction of sp³-hybridized carbons (Fsp3) is 0.467. The second kappa shape index (κ2) is 6.93. The Morgan fingerprint density at radius 1 is 1.25 bits per heavy atom. The van der Waals surface area contributed by atoms with Crippen LogP contribution in [0.3, 0.4) is 0 Å². The summed E-state index contributed by atoms with van der Waals surface area (Å²) >= 11 is 0. The Kier molecular flexibility index (Phi) is 4.98. The van der Waals surface area contributed by atoms with Gasteiger partial charge in [0.25, 0.3) is 0 Å². The molecular weight excluding hydrogens is 256 g/mol. The van der Waals surface area contributed by atoms with Crippen molar-refractivity contribution in [3.05, 3.63) is 29.8 Å². The molecule has 0 atom stereocenters. The number of amides is 1. The molecule has 108 valence electrons. The lowest BCUT2D eigenvalue weighted by molar-refractivity contribution is -0.128. The number of carbonyl (C=O) groups is 2. The first kappa shape index (κ1) is 14.4. The van der Waals surface area contributed by atoms with E-state index >= 15 is 0 Å². The highest BCUT2D eigenvalue weighted by Gasteiger charge is 2.18. The van der Waals surface area contributed by atoms with Crippen LogP contribution in [0.25, 0.3) is 0 Å². The van der Waals surface area contributed by atoms with Gasteiger partial charge in [0, 0.05) is 18.8 Å². The number of likely N-dealkylation sites (tertiary alicyclic amines) is 1. The SMILES string of the molecule is CCOC(=O)c1ccccc1NCC(=O)N1CCCC1. The summed E-state index contributed by atoms with van der Waals surface area (Å²) in [5, 5.41) is 3.04. The van der Waals surface area contributed by atoms with Crippen LogP contribution in [0.15, 0.2) is 24.3 Å². The number of anilines is 1. The summed E-state index contributed by atoms with van der Waals surface area (Å²) in [6.07, 6.45) is 2.15. The van der Waals surface area contributed by atoms with Crippen LogP contribution < -0.4 is 5.32 Å². The molecule has 0 spiro atoms. The summed E-state index contributed by atoms with van der Waals surface area (Å²) in [4.78, 5) is 25.6. The minimum Gasteiger partial charge on any atom is -0.462 e. The van der Waals surface area contributed by atoms with Gasteiger partial charge in [-0.3, -0.25) is 4.79 Å². The topological polar surface area (TPSA) is 58.6 Å². The molecule has 1 aliphatic heterocycles. The van der Waals surface area contributed by atoms with Gasteiger partial charge in [-0.15, -0.1) is 0 Å². The lowest BCUT2D eigenvalue weighted by atomic mass is 10.2. The number of nitrogens with zero attached hydrogens (tertiary/aromatic N) is 1. The molecule has 0 radical (unpaired) electrons.